The average molecular weight is 571 g/mol. The van der Waals surface area contributed by atoms with Gasteiger partial charge in [-0.25, -0.2) is 12.7 Å². The molecule has 38 heavy (non-hydrogen) atoms. The zero-order valence-electron chi connectivity index (χ0n) is 22.3. The molecule has 2 aromatic carbocycles. The maximum atomic E-state index is 14.1. The number of benzene rings is 2. The van der Waals surface area contributed by atoms with Crippen molar-refractivity contribution in [1.29, 1.82) is 0 Å². The van der Waals surface area contributed by atoms with Crippen LogP contribution in [0.1, 0.15) is 22.4 Å². The molecular formula is C26H33F3N2O5SSi. The number of ether oxygens (including phenoxy) is 2. The largest absolute Gasteiger partial charge is 0.417 e. The Labute approximate surface area is 222 Å². The Hall–Kier alpha value is -2.67. The van der Waals surface area contributed by atoms with Crippen molar-refractivity contribution < 1.29 is 35.6 Å². The van der Waals surface area contributed by atoms with Crippen LogP contribution in [0.2, 0.25) is 25.7 Å². The minimum Gasteiger partial charge on any atom is -0.380 e. The normalized spacial score (nSPS) is 12.7. The maximum absolute atomic E-state index is 14.1. The van der Waals surface area contributed by atoms with Gasteiger partial charge in [0, 0.05) is 32.9 Å². The van der Waals surface area contributed by atoms with E-state index in [0.29, 0.717) is 23.4 Å². The zero-order valence-corrected chi connectivity index (χ0v) is 24.2. The second kappa shape index (κ2) is 11.6. The van der Waals surface area contributed by atoms with Gasteiger partial charge in [-0.2, -0.15) is 13.2 Å². The third kappa shape index (κ3) is 6.85. The van der Waals surface area contributed by atoms with Crippen LogP contribution in [0.25, 0.3) is 11.1 Å². The minimum atomic E-state index is -4.73. The molecular weight excluding hydrogens is 537 g/mol. The van der Waals surface area contributed by atoms with E-state index in [0.717, 1.165) is 16.4 Å². The van der Waals surface area contributed by atoms with E-state index in [4.69, 9.17) is 14.0 Å². The third-order valence-electron chi connectivity index (χ3n) is 6.01. The van der Waals surface area contributed by atoms with Crippen molar-refractivity contribution >= 4 is 24.0 Å². The van der Waals surface area contributed by atoms with Gasteiger partial charge < -0.3 is 14.0 Å². The first-order valence-corrected chi connectivity index (χ1v) is 17.1. The Kier molecular flexibility index (Phi) is 9.12. The van der Waals surface area contributed by atoms with Crippen LogP contribution in [0.5, 0.6) is 0 Å². The molecule has 0 spiro atoms. The molecule has 0 unspecified atom stereocenters. The molecule has 7 nitrogen and oxygen atoms in total. The first-order chi connectivity index (χ1) is 17.7. The van der Waals surface area contributed by atoms with Crippen LogP contribution in [0.15, 0.2) is 51.9 Å². The summed E-state index contributed by atoms with van der Waals surface area (Å²) in [5, 5.41) is 3.88. The molecule has 0 aliphatic rings. The highest BCUT2D eigenvalue weighted by Crippen LogP contribution is 2.41. The number of halogens is 3. The van der Waals surface area contributed by atoms with E-state index in [1.807, 2.05) is 0 Å². The number of aromatic nitrogens is 1. The van der Waals surface area contributed by atoms with Crippen LogP contribution >= 0.6 is 0 Å². The summed E-state index contributed by atoms with van der Waals surface area (Å²) in [6.45, 7) is 9.77. The monoisotopic (exact) mass is 570 g/mol. The molecule has 0 saturated heterocycles. The predicted octanol–water partition coefficient (Wildman–Crippen LogP) is 6.63. The van der Waals surface area contributed by atoms with E-state index in [1.165, 1.54) is 43.5 Å². The van der Waals surface area contributed by atoms with Crippen LogP contribution in [0.3, 0.4) is 0 Å². The van der Waals surface area contributed by atoms with Gasteiger partial charge in [-0.15, -0.1) is 0 Å². The minimum absolute atomic E-state index is 0.0179. The average Bonchev–Trinajstić information content (AvgIpc) is 3.15. The van der Waals surface area contributed by atoms with E-state index >= 15 is 0 Å². The molecule has 0 fully saturated rings. The van der Waals surface area contributed by atoms with Gasteiger partial charge in [0.1, 0.15) is 6.73 Å². The summed E-state index contributed by atoms with van der Waals surface area (Å²) >= 11 is 0. The number of sulfonamides is 1. The van der Waals surface area contributed by atoms with Gasteiger partial charge in [-0.05, 0) is 43.2 Å². The smallest absolute Gasteiger partial charge is 0.380 e. The van der Waals surface area contributed by atoms with Gasteiger partial charge in [-0.3, -0.25) is 0 Å². The number of nitrogens with zero attached hydrogens (tertiary/aromatic N) is 2. The van der Waals surface area contributed by atoms with Gasteiger partial charge in [0.05, 0.1) is 22.8 Å². The van der Waals surface area contributed by atoms with Crippen LogP contribution in [0, 0.1) is 13.8 Å². The standard InChI is InChI=1S/C26H33F3N2O5SSi/c1-18-19(2)30-36-25(18)31(17-35-13-14-38(4,5)6)37(32,33)24-10-8-7-9-22(24)21-12-11-20(16-34-3)15-23(21)26(27,28)29/h7-12,15H,13-14,16-17H2,1-6H3. The van der Waals surface area contributed by atoms with E-state index in [1.54, 1.807) is 13.8 Å². The quantitative estimate of drug-likeness (QED) is 0.146. The number of anilines is 1. The second-order valence-electron chi connectivity index (χ2n) is 10.2. The third-order valence-corrected chi connectivity index (χ3v) is 9.48. The molecule has 1 heterocycles. The zero-order chi connectivity index (χ0) is 28.3. The topological polar surface area (TPSA) is 81.9 Å². The molecule has 0 N–H and O–H groups in total. The molecule has 0 aliphatic carbocycles. The second-order valence-corrected chi connectivity index (χ2v) is 17.7. The molecule has 3 rings (SSSR count). The van der Waals surface area contributed by atoms with Crippen molar-refractivity contribution in [2.45, 2.75) is 57.2 Å². The van der Waals surface area contributed by atoms with Gasteiger partial charge in [-0.1, -0.05) is 55.1 Å². The maximum Gasteiger partial charge on any atom is 0.417 e. The molecule has 0 aliphatic heterocycles. The van der Waals surface area contributed by atoms with Crippen molar-refractivity contribution in [2.24, 2.45) is 0 Å². The summed E-state index contributed by atoms with van der Waals surface area (Å²) in [5.74, 6) is -0.0446. The van der Waals surface area contributed by atoms with Crippen LogP contribution in [0.4, 0.5) is 19.1 Å². The molecule has 3 aromatic rings. The predicted molar refractivity (Wildman–Crippen MR) is 142 cm³/mol. The Morgan fingerprint density at radius 1 is 1.05 bits per heavy atom. The number of hydrogen-bond acceptors (Lipinski definition) is 6. The van der Waals surface area contributed by atoms with Gasteiger partial charge in [0.15, 0.2) is 0 Å². The summed E-state index contributed by atoms with van der Waals surface area (Å²) in [7, 11) is -4.52. The van der Waals surface area contributed by atoms with Crippen LogP contribution in [-0.2, 0) is 32.3 Å². The molecule has 12 heteroatoms. The lowest BCUT2D eigenvalue weighted by atomic mass is 9.97. The van der Waals surface area contributed by atoms with Gasteiger partial charge in [0.25, 0.3) is 10.0 Å². The number of alkyl halides is 3. The highest BCUT2D eigenvalue weighted by Gasteiger charge is 2.37. The first kappa shape index (κ1) is 29.9. The van der Waals surface area contributed by atoms with E-state index < -0.39 is 29.8 Å². The van der Waals surface area contributed by atoms with E-state index in [9.17, 15) is 21.6 Å². The molecule has 0 atom stereocenters. The van der Waals surface area contributed by atoms with E-state index in [-0.39, 0.29) is 35.2 Å². The van der Waals surface area contributed by atoms with Gasteiger partial charge in [0.2, 0.25) is 5.88 Å². The summed E-state index contributed by atoms with van der Waals surface area (Å²) < 4.78 is 87.6. The lowest BCUT2D eigenvalue weighted by Crippen LogP contribution is -2.34. The summed E-state index contributed by atoms with van der Waals surface area (Å²) in [4.78, 5) is -0.313. The number of hydrogen-bond donors (Lipinski definition) is 0. The SMILES string of the molecule is COCc1ccc(-c2ccccc2S(=O)(=O)N(COCC[Si](C)(C)C)c2onc(C)c2C)c(C(F)(F)F)c1. The highest BCUT2D eigenvalue weighted by molar-refractivity contribution is 7.93. The Bertz CT molecular complexity index is 1370. The fraction of sp³-hybridized carbons (Fsp3) is 0.423. The molecule has 0 amide bonds. The van der Waals surface area contributed by atoms with Crippen molar-refractivity contribution in [3.8, 4) is 11.1 Å². The highest BCUT2D eigenvalue weighted by atomic mass is 32.2. The first-order valence-electron chi connectivity index (χ1n) is 12.0. The van der Waals surface area contributed by atoms with Crippen molar-refractivity contribution in [3.63, 3.8) is 0 Å². The van der Waals surface area contributed by atoms with Crippen molar-refractivity contribution in [2.75, 3.05) is 24.8 Å². The molecule has 0 radical (unpaired) electrons. The number of methoxy groups -OCH3 is 1. The molecule has 208 valence electrons. The Morgan fingerprint density at radius 3 is 2.32 bits per heavy atom. The lowest BCUT2D eigenvalue weighted by Gasteiger charge is -2.25. The van der Waals surface area contributed by atoms with Crippen molar-refractivity contribution in [3.05, 3.63) is 64.8 Å². The number of rotatable bonds is 11. The fourth-order valence-electron chi connectivity index (χ4n) is 3.75. The summed E-state index contributed by atoms with van der Waals surface area (Å²) in [5.41, 5.74) is -0.0248. The van der Waals surface area contributed by atoms with Crippen molar-refractivity contribution in [1.82, 2.24) is 5.16 Å². The Morgan fingerprint density at radius 2 is 1.74 bits per heavy atom. The molecule has 1 aromatic heterocycles. The van der Waals surface area contributed by atoms with Crippen LogP contribution < -0.4 is 4.31 Å². The molecule has 0 saturated carbocycles. The van der Waals surface area contributed by atoms with Crippen LogP contribution in [-0.4, -0.2) is 42.1 Å². The summed E-state index contributed by atoms with van der Waals surface area (Å²) in [6, 6.07) is 10.1. The van der Waals surface area contributed by atoms with E-state index in [2.05, 4.69) is 24.8 Å². The lowest BCUT2D eigenvalue weighted by molar-refractivity contribution is -0.137. The summed E-state index contributed by atoms with van der Waals surface area (Å²) in [6.07, 6.45) is -4.73. The molecule has 0 bridgehead atoms. The number of aryl methyl sites for hydroxylation is 1. The van der Waals surface area contributed by atoms with Gasteiger partial charge >= 0.3 is 6.18 Å². The Balaban J connectivity index is 2.14. The fourth-order valence-corrected chi connectivity index (χ4v) is 6.05.